The molecule has 19 heavy (non-hydrogen) atoms. The molecule has 0 saturated heterocycles. The molecule has 1 aromatic rings. The summed E-state index contributed by atoms with van der Waals surface area (Å²) >= 11 is 0. The maximum absolute atomic E-state index is 11.4. The highest BCUT2D eigenvalue weighted by molar-refractivity contribution is 5.83. The number of hydrogen-bond acceptors (Lipinski definition) is 5. The normalized spacial score (nSPS) is 11.9. The van der Waals surface area contributed by atoms with E-state index in [1.807, 2.05) is 13.1 Å². The van der Waals surface area contributed by atoms with Crippen LogP contribution >= 0.6 is 0 Å². The summed E-state index contributed by atoms with van der Waals surface area (Å²) in [6.07, 6.45) is 2.54. The van der Waals surface area contributed by atoms with Crippen LogP contribution in [0.15, 0.2) is 12.3 Å². The number of nitrogens with zero attached hydrogens (tertiary/aromatic N) is 2. The van der Waals surface area contributed by atoms with E-state index in [-0.39, 0.29) is 5.91 Å². The number of ether oxygens (including phenoxy) is 1. The molecule has 0 radical (unpaired) electrons. The number of aryl methyl sites for hydroxylation is 1. The molecular formula is C12H20N4O3. The number of esters is 1. The van der Waals surface area contributed by atoms with Crippen LogP contribution in [0.4, 0.5) is 0 Å². The SMILES string of the molecule is COC(=O)C(CNCCc1ccnn1C)NC(C)=O. The Labute approximate surface area is 112 Å². The Hall–Kier alpha value is -1.89. The second-order valence-corrected chi connectivity index (χ2v) is 4.18. The Bertz CT molecular complexity index is 430. The molecule has 0 fully saturated rings. The summed E-state index contributed by atoms with van der Waals surface area (Å²) in [6, 6.07) is 1.28. The first-order valence-corrected chi connectivity index (χ1v) is 6.07. The van der Waals surface area contributed by atoms with Gasteiger partial charge in [-0.25, -0.2) is 4.79 Å². The molecule has 1 atom stereocenters. The molecule has 0 aromatic carbocycles. The highest BCUT2D eigenvalue weighted by Crippen LogP contribution is 1.96. The Morgan fingerprint density at radius 1 is 1.53 bits per heavy atom. The highest BCUT2D eigenvalue weighted by Gasteiger charge is 2.19. The zero-order valence-corrected chi connectivity index (χ0v) is 11.5. The van der Waals surface area contributed by atoms with Crippen LogP contribution in [0.5, 0.6) is 0 Å². The first kappa shape index (κ1) is 15.2. The van der Waals surface area contributed by atoms with Crippen molar-refractivity contribution in [1.82, 2.24) is 20.4 Å². The lowest BCUT2D eigenvalue weighted by Gasteiger charge is -2.16. The third-order valence-electron chi connectivity index (χ3n) is 2.69. The van der Waals surface area contributed by atoms with E-state index in [1.165, 1.54) is 14.0 Å². The fourth-order valence-electron chi connectivity index (χ4n) is 1.69. The van der Waals surface area contributed by atoms with Crippen LogP contribution in [0.3, 0.4) is 0 Å². The number of amides is 1. The number of aromatic nitrogens is 2. The van der Waals surface area contributed by atoms with Gasteiger partial charge in [-0.3, -0.25) is 9.48 Å². The molecule has 1 unspecified atom stereocenters. The summed E-state index contributed by atoms with van der Waals surface area (Å²) in [6.45, 7) is 2.39. The van der Waals surface area contributed by atoms with Gasteiger partial charge in [0.05, 0.1) is 7.11 Å². The van der Waals surface area contributed by atoms with E-state index in [0.29, 0.717) is 13.1 Å². The first-order valence-electron chi connectivity index (χ1n) is 6.07. The van der Waals surface area contributed by atoms with Gasteiger partial charge in [-0.2, -0.15) is 5.10 Å². The van der Waals surface area contributed by atoms with Gasteiger partial charge in [-0.05, 0) is 6.07 Å². The molecule has 106 valence electrons. The van der Waals surface area contributed by atoms with Crippen LogP contribution in [0.25, 0.3) is 0 Å². The van der Waals surface area contributed by atoms with E-state index in [1.54, 1.807) is 10.9 Å². The lowest BCUT2D eigenvalue weighted by atomic mass is 10.2. The van der Waals surface area contributed by atoms with E-state index in [2.05, 4.69) is 20.5 Å². The van der Waals surface area contributed by atoms with Gasteiger partial charge in [0.15, 0.2) is 0 Å². The first-order chi connectivity index (χ1) is 9.04. The quantitative estimate of drug-likeness (QED) is 0.501. The smallest absolute Gasteiger partial charge is 0.329 e. The minimum Gasteiger partial charge on any atom is -0.467 e. The molecule has 0 bridgehead atoms. The van der Waals surface area contributed by atoms with E-state index in [9.17, 15) is 9.59 Å². The Kier molecular flexibility index (Phi) is 6.01. The highest BCUT2D eigenvalue weighted by atomic mass is 16.5. The fraction of sp³-hybridized carbons (Fsp3) is 0.583. The van der Waals surface area contributed by atoms with Crippen molar-refractivity contribution in [3.63, 3.8) is 0 Å². The van der Waals surface area contributed by atoms with Crippen LogP contribution in [0, 0.1) is 0 Å². The van der Waals surface area contributed by atoms with E-state index >= 15 is 0 Å². The van der Waals surface area contributed by atoms with Crippen molar-refractivity contribution in [3.8, 4) is 0 Å². The largest absolute Gasteiger partial charge is 0.467 e. The van der Waals surface area contributed by atoms with Gasteiger partial charge in [0.2, 0.25) is 5.91 Å². The maximum atomic E-state index is 11.4. The number of carbonyl (C=O) groups excluding carboxylic acids is 2. The number of hydrogen-bond donors (Lipinski definition) is 2. The van der Waals surface area contributed by atoms with E-state index < -0.39 is 12.0 Å². The molecule has 0 saturated carbocycles. The van der Waals surface area contributed by atoms with Crippen LogP contribution in [-0.4, -0.2) is 47.9 Å². The van der Waals surface area contributed by atoms with Crippen molar-refractivity contribution < 1.29 is 14.3 Å². The molecule has 7 heteroatoms. The zero-order chi connectivity index (χ0) is 14.3. The van der Waals surface area contributed by atoms with Crippen LogP contribution in [-0.2, 0) is 27.8 Å². The molecule has 0 aliphatic heterocycles. The molecule has 1 heterocycles. The van der Waals surface area contributed by atoms with Crippen LogP contribution in [0.2, 0.25) is 0 Å². The summed E-state index contributed by atoms with van der Waals surface area (Å²) in [5.74, 6) is -0.716. The molecule has 7 nitrogen and oxygen atoms in total. The Balaban J connectivity index is 2.34. The van der Waals surface area contributed by atoms with Crippen LogP contribution in [0.1, 0.15) is 12.6 Å². The summed E-state index contributed by atoms with van der Waals surface area (Å²) < 4.78 is 6.43. The molecule has 0 aliphatic rings. The summed E-state index contributed by atoms with van der Waals surface area (Å²) in [4.78, 5) is 22.4. The van der Waals surface area contributed by atoms with E-state index in [0.717, 1.165) is 12.1 Å². The molecule has 0 aliphatic carbocycles. The zero-order valence-electron chi connectivity index (χ0n) is 11.5. The summed E-state index contributed by atoms with van der Waals surface area (Å²) in [5, 5.41) is 9.73. The predicted molar refractivity (Wildman–Crippen MR) is 69.4 cm³/mol. The predicted octanol–water partition coefficient (Wildman–Crippen LogP) is -0.770. The van der Waals surface area contributed by atoms with Gasteiger partial charge in [0, 0.05) is 45.4 Å². The van der Waals surface area contributed by atoms with Crippen molar-refractivity contribution in [2.45, 2.75) is 19.4 Å². The topological polar surface area (TPSA) is 85.2 Å². The Morgan fingerprint density at radius 2 is 2.26 bits per heavy atom. The third-order valence-corrected chi connectivity index (χ3v) is 2.69. The second-order valence-electron chi connectivity index (χ2n) is 4.18. The van der Waals surface area contributed by atoms with Crippen molar-refractivity contribution >= 4 is 11.9 Å². The van der Waals surface area contributed by atoms with E-state index in [4.69, 9.17) is 0 Å². The lowest BCUT2D eigenvalue weighted by molar-refractivity contribution is -0.144. The van der Waals surface area contributed by atoms with Crippen LogP contribution < -0.4 is 10.6 Å². The van der Waals surface area contributed by atoms with Crippen molar-refractivity contribution in [1.29, 1.82) is 0 Å². The summed E-state index contributed by atoms with van der Waals surface area (Å²) in [7, 11) is 3.18. The van der Waals surface area contributed by atoms with Crippen molar-refractivity contribution in [3.05, 3.63) is 18.0 Å². The van der Waals surface area contributed by atoms with Gasteiger partial charge >= 0.3 is 5.97 Å². The average molecular weight is 268 g/mol. The van der Waals surface area contributed by atoms with Gasteiger partial charge in [-0.15, -0.1) is 0 Å². The maximum Gasteiger partial charge on any atom is 0.329 e. The Morgan fingerprint density at radius 3 is 2.79 bits per heavy atom. The average Bonchev–Trinajstić information content (AvgIpc) is 2.77. The number of rotatable bonds is 7. The fourth-order valence-corrected chi connectivity index (χ4v) is 1.69. The number of methoxy groups -OCH3 is 1. The molecule has 2 N–H and O–H groups in total. The standard InChI is InChI=1S/C12H20N4O3/c1-9(17)15-11(12(18)19-3)8-13-6-4-10-5-7-14-16(10)2/h5,7,11,13H,4,6,8H2,1-3H3,(H,15,17). The molecule has 1 amide bonds. The lowest BCUT2D eigenvalue weighted by Crippen LogP contribution is -2.47. The third kappa shape index (κ3) is 5.09. The van der Waals surface area contributed by atoms with Gasteiger partial charge in [0.25, 0.3) is 0 Å². The van der Waals surface area contributed by atoms with Crippen molar-refractivity contribution in [2.24, 2.45) is 7.05 Å². The second kappa shape index (κ2) is 7.52. The van der Waals surface area contributed by atoms with Gasteiger partial charge in [-0.1, -0.05) is 0 Å². The molecular weight excluding hydrogens is 248 g/mol. The number of nitrogens with one attached hydrogen (secondary N) is 2. The molecule has 1 rings (SSSR count). The molecule has 1 aromatic heterocycles. The monoisotopic (exact) mass is 268 g/mol. The van der Waals surface area contributed by atoms with Crippen molar-refractivity contribution in [2.75, 3.05) is 20.2 Å². The minimum atomic E-state index is -0.658. The molecule has 0 spiro atoms. The van der Waals surface area contributed by atoms with Gasteiger partial charge in [0.1, 0.15) is 6.04 Å². The number of carbonyl (C=O) groups is 2. The van der Waals surface area contributed by atoms with Gasteiger partial charge < -0.3 is 15.4 Å². The summed E-state index contributed by atoms with van der Waals surface area (Å²) in [5.41, 5.74) is 1.10. The minimum absolute atomic E-state index is 0.260.